The highest BCUT2D eigenvalue weighted by Gasteiger charge is 2.30. The molecule has 0 unspecified atom stereocenters. The summed E-state index contributed by atoms with van der Waals surface area (Å²) < 4.78 is 30.7. The van der Waals surface area contributed by atoms with E-state index in [0.29, 0.717) is 23.0 Å². The van der Waals surface area contributed by atoms with Crippen LogP contribution < -0.4 is 0 Å². The molecule has 7 rings (SSSR count). The highest BCUT2D eigenvalue weighted by Crippen LogP contribution is 2.41. The Hall–Kier alpha value is -5.46. The maximum atomic E-state index is 7.84. The van der Waals surface area contributed by atoms with E-state index in [1.165, 1.54) is 89.0 Å². The molecule has 564 valence electrons. The van der Waals surface area contributed by atoms with Crippen LogP contribution in [0, 0.1) is 34.6 Å². The molecular weight excluding hydrogens is 1210 g/mol. The van der Waals surface area contributed by atoms with Gasteiger partial charge in [0.05, 0.1) is 5.48 Å². The predicted octanol–water partition coefficient (Wildman–Crippen LogP) is 31.2. The smallest absolute Gasteiger partial charge is 0.0620 e. The molecule has 0 fully saturated rings. The number of hydrogen-bond acceptors (Lipinski definition) is 0. The zero-order chi connectivity index (χ0) is 82.9. The first-order valence-electron chi connectivity index (χ1n) is 40.4. The number of aryl methyl sites for hydroxylation is 4. The van der Waals surface area contributed by atoms with Crippen molar-refractivity contribution < 1.29 is 5.48 Å². The Morgan fingerprint density at radius 3 is 0.713 bits per heavy atom. The van der Waals surface area contributed by atoms with Gasteiger partial charge in [-0.3, -0.25) is 0 Å². The minimum Gasteiger partial charge on any atom is -0.0620 e. The van der Waals surface area contributed by atoms with E-state index in [9.17, 15) is 0 Å². The summed E-state index contributed by atoms with van der Waals surface area (Å²) in [6, 6.07) is 42.6. The second-order valence-electron chi connectivity index (χ2n) is 42.3. The molecule has 0 amide bonds. The van der Waals surface area contributed by atoms with Gasteiger partial charge >= 0.3 is 0 Å². The van der Waals surface area contributed by atoms with E-state index in [0.717, 1.165) is 0 Å². The van der Waals surface area contributed by atoms with E-state index >= 15 is 0 Å². The van der Waals surface area contributed by atoms with Crippen LogP contribution in [0.1, 0.15) is 400 Å². The van der Waals surface area contributed by atoms with Crippen LogP contribution in [0.2, 0.25) is 0 Å². The van der Waals surface area contributed by atoms with E-state index in [-0.39, 0.29) is 89.1 Å². The quantitative estimate of drug-likeness (QED) is 0.162. The minimum atomic E-state index is -0.263. The van der Waals surface area contributed by atoms with Crippen LogP contribution in [0.15, 0.2) is 139 Å². The van der Waals surface area contributed by atoms with Crippen LogP contribution in [0.4, 0.5) is 0 Å². The van der Waals surface area contributed by atoms with Crippen LogP contribution in [0.25, 0.3) is 0 Å². The fourth-order valence-corrected chi connectivity index (χ4v) is 13.5. The van der Waals surface area contributed by atoms with E-state index in [1.54, 1.807) is 12.5 Å². The van der Waals surface area contributed by atoms with Crippen molar-refractivity contribution in [3.8, 4) is 0 Å². The van der Waals surface area contributed by atoms with Crippen molar-refractivity contribution in [2.24, 2.45) is 0 Å². The molecule has 0 heterocycles. The van der Waals surface area contributed by atoms with Crippen molar-refractivity contribution in [1.29, 1.82) is 0 Å². The first-order valence-corrected chi connectivity index (χ1v) is 38.4. The third-order valence-corrected chi connectivity index (χ3v) is 18.8. The van der Waals surface area contributed by atoms with E-state index in [2.05, 4.69) is 399 Å². The highest BCUT2D eigenvalue weighted by molar-refractivity contribution is 5.46. The average molecular weight is 1380 g/mol. The molecular formula is C101H160. The van der Waals surface area contributed by atoms with E-state index in [1.807, 2.05) is 20.8 Å². The SMILES string of the molecule is CC(C)(C)c1cc(C(C)(C)C)cc(C(C)(C)C)c1.CC(C)(C)c1ccc(C(C)(C)C)c(C(C)(C)C)c1.CC(C)(C)c1ccccc1C(C)(C)C.CC(C)c1cccc(C(C)C)c1C(C)(C)C.Cc1cccc(C)c1C(C)(C)C.Cc1cccc(C)c1C(C)(C)C.[2H]c1c([2H])c([2H])c(C(C)(C)C)c(C)c1[2H]. The molecule has 7 aromatic rings. The highest BCUT2D eigenvalue weighted by atomic mass is 14.3. The van der Waals surface area contributed by atoms with Crippen molar-refractivity contribution in [2.75, 3.05) is 0 Å². The van der Waals surface area contributed by atoms with Crippen LogP contribution >= 0.6 is 0 Å². The van der Waals surface area contributed by atoms with Gasteiger partial charge in [-0.2, -0.15) is 0 Å². The summed E-state index contributed by atoms with van der Waals surface area (Å²) in [5, 5.41) is 0. The Kier molecular flexibility index (Phi) is 30.3. The van der Waals surface area contributed by atoms with Crippen LogP contribution in [-0.2, 0) is 65.0 Å². The lowest BCUT2D eigenvalue weighted by Crippen LogP contribution is -2.23. The molecule has 0 nitrogen and oxygen atoms in total. The molecule has 0 saturated carbocycles. The van der Waals surface area contributed by atoms with Crippen molar-refractivity contribution in [2.45, 2.75) is 388 Å². The lowest BCUT2D eigenvalue weighted by atomic mass is 9.73. The Balaban J connectivity index is 0.000000615. The Labute approximate surface area is 635 Å². The molecule has 0 aliphatic rings. The summed E-state index contributed by atoms with van der Waals surface area (Å²) in [6.45, 7) is 101. The zero-order valence-corrected chi connectivity index (χ0v) is 74.6. The largest absolute Gasteiger partial charge is 0.0626 e. The second-order valence-corrected chi connectivity index (χ2v) is 42.3. The number of rotatable bonds is 2. The van der Waals surface area contributed by atoms with Gasteiger partial charge in [-0.05, 0) is 217 Å². The van der Waals surface area contributed by atoms with Crippen molar-refractivity contribution >= 4 is 0 Å². The Morgan fingerprint density at radius 2 is 0.475 bits per heavy atom. The van der Waals surface area contributed by atoms with Crippen molar-refractivity contribution in [3.05, 3.63) is 245 Å². The standard InChI is InChI=1S/2C18H30.C16H26.C14H22.2C12H18.C11H16/c1-16(2,3)13-10-14(17(4,5)6)12-15(11-13)18(7,8)9;1-16(2,3)13-10-11-14(17(4,5)6)15(12-13)18(7,8)9;1-11(2)13-9-8-10-14(12(3)4)15(13)16(5,6)7;1-13(2,3)11-9-7-8-10-12(11)14(4,5)6;2*1-9-7-6-8-10(2)11(9)12(3,4)5;1-9-7-5-6-8-10(9)11(2,3)4/h2*10-12H,1-9H3;8-12H,1-7H3;7-10H,1-6H3;2*6-8H,1-5H3;5-8H,1-4H3/i;;;;;;5D,6D,7D,8D. The molecule has 0 radical (unpaired) electrons. The van der Waals surface area contributed by atoms with Gasteiger partial charge in [0.1, 0.15) is 0 Å². The second kappa shape index (κ2) is 35.6. The lowest BCUT2D eigenvalue weighted by Gasteiger charge is -2.32. The summed E-state index contributed by atoms with van der Waals surface area (Å²) in [4.78, 5) is 0. The normalized spacial score (nSPS) is 13.3. The maximum Gasteiger partial charge on any atom is 0.0626 e. The summed E-state index contributed by atoms with van der Waals surface area (Å²) >= 11 is 0. The fraction of sp³-hybridized carbons (Fsp3) is 0.584. The minimum absolute atomic E-state index is 0.0703. The predicted molar refractivity (Wildman–Crippen MR) is 461 cm³/mol. The molecule has 7 aromatic carbocycles. The molecule has 0 spiro atoms. The van der Waals surface area contributed by atoms with Gasteiger partial charge in [-0.25, -0.2) is 0 Å². The molecule has 0 heteroatoms. The summed E-state index contributed by atoms with van der Waals surface area (Å²) in [6.07, 6.45) is 0. The molecule has 0 N–H and O–H groups in total. The van der Waals surface area contributed by atoms with Gasteiger partial charge in [0.25, 0.3) is 0 Å². The molecule has 0 aromatic heterocycles. The fourth-order valence-electron chi connectivity index (χ4n) is 13.5. The summed E-state index contributed by atoms with van der Waals surface area (Å²) in [5.41, 5.74) is 28.4. The van der Waals surface area contributed by atoms with E-state index < -0.39 is 0 Å². The van der Waals surface area contributed by atoms with Crippen molar-refractivity contribution in [3.63, 3.8) is 0 Å². The van der Waals surface area contributed by atoms with Crippen LogP contribution in [-0.4, -0.2) is 0 Å². The number of benzene rings is 7. The van der Waals surface area contributed by atoms with Gasteiger partial charge in [-0.1, -0.05) is 416 Å². The molecule has 0 aliphatic heterocycles. The third kappa shape index (κ3) is 30.3. The van der Waals surface area contributed by atoms with Crippen LogP contribution in [0.3, 0.4) is 0 Å². The molecule has 0 bridgehead atoms. The van der Waals surface area contributed by atoms with Gasteiger partial charge in [0.2, 0.25) is 0 Å². The van der Waals surface area contributed by atoms with Crippen LogP contribution in [0.5, 0.6) is 0 Å². The monoisotopic (exact) mass is 1380 g/mol. The molecule has 0 aliphatic carbocycles. The van der Waals surface area contributed by atoms with Crippen molar-refractivity contribution in [1.82, 2.24) is 0 Å². The number of hydrogen-bond donors (Lipinski definition) is 0. The average Bonchev–Trinajstić information content (AvgIpc) is 0.799. The van der Waals surface area contributed by atoms with Gasteiger partial charge in [-0.15, -0.1) is 0 Å². The van der Waals surface area contributed by atoms with Gasteiger partial charge in [0.15, 0.2) is 0 Å². The Bertz CT molecular complexity index is 3630. The zero-order valence-electron chi connectivity index (χ0n) is 78.6. The van der Waals surface area contributed by atoms with Gasteiger partial charge < -0.3 is 0 Å². The molecule has 0 saturated heterocycles. The Morgan fingerprint density at radius 1 is 0.218 bits per heavy atom. The first kappa shape index (κ1) is 86.2. The first-order chi connectivity index (χ1) is 46.7. The molecule has 0 atom stereocenters. The van der Waals surface area contributed by atoms with E-state index in [4.69, 9.17) is 5.48 Å². The van der Waals surface area contributed by atoms with Gasteiger partial charge in [0, 0.05) is 0 Å². The molecule has 101 heavy (non-hydrogen) atoms. The summed E-state index contributed by atoms with van der Waals surface area (Å²) in [7, 11) is 0. The lowest BCUT2D eigenvalue weighted by molar-refractivity contribution is 0.523. The third-order valence-electron chi connectivity index (χ3n) is 18.8. The topological polar surface area (TPSA) is 0 Å². The maximum absolute atomic E-state index is 7.84. The summed E-state index contributed by atoms with van der Waals surface area (Å²) in [5.74, 6) is 1.21.